The highest BCUT2D eigenvalue weighted by atomic mass is 19.4. The van der Waals surface area contributed by atoms with E-state index in [0.29, 0.717) is 12.8 Å². The molecule has 1 aromatic rings. The van der Waals surface area contributed by atoms with E-state index in [1.54, 1.807) is 0 Å². The van der Waals surface area contributed by atoms with Crippen molar-refractivity contribution in [2.75, 3.05) is 7.11 Å². The van der Waals surface area contributed by atoms with Gasteiger partial charge >= 0.3 is 6.18 Å². The molecule has 0 saturated heterocycles. The highest BCUT2D eigenvalue weighted by Crippen LogP contribution is 2.43. The summed E-state index contributed by atoms with van der Waals surface area (Å²) in [5.74, 6) is 0. The summed E-state index contributed by atoms with van der Waals surface area (Å²) in [4.78, 5) is 0. The molecular formula is C16H21F3O2. The van der Waals surface area contributed by atoms with Crippen molar-refractivity contribution in [3.63, 3.8) is 0 Å². The third-order valence-electron chi connectivity index (χ3n) is 4.42. The molecule has 1 aliphatic rings. The van der Waals surface area contributed by atoms with Crippen LogP contribution in [0, 0.1) is 0 Å². The van der Waals surface area contributed by atoms with Crippen LogP contribution in [0.25, 0.3) is 0 Å². The number of hydrogen-bond donors (Lipinski definition) is 1. The largest absolute Gasteiger partial charge is 0.416 e. The molecule has 0 aromatic heterocycles. The number of aliphatic hydroxyl groups is 1. The molecule has 0 radical (unpaired) electrons. The monoisotopic (exact) mass is 302 g/mol. The van der Waals surface area contributed by atoms with Gasteiger partial charge in [0.1, 0.15) is 6.10 Å². The van der Waals surface area contributed by atoms with Crippen LogP contribution < -0.4 is 0 Å². The molecule has 0 bridgehead atoms. The van der Waals surface area contributed by atoms with Crippen LogP contribution in [0.1, 0.15) is 55.8 Å². The van der Waals surface area contributed by atoms with Gasteiger partial charge in [-0.1, -0.05) is 43.9 Å². The fraction of sp³-hybridized carbons (Fsp3) is 0.625. The summed E-state index contributed by atoms with van der Waals surface area (Å²) in [6.45, 7) is 0. The molecule has 1 saturated carbocycles. The van der Waals surface area contributed by atoms with Gasteiger partial charge in [-0.3, -0.25) is 0 Å². The van der Waals surface area contributed by atoms with Crippen molar-refractivity contribution in [2.45, 2.75) is 56.4 Å². The average Bonchev–Trinajstić information content (AvgIpc) is 2.72. The summed E-state index contributed by atoms with van der Waals surface area (Å²) < 4.78 is 44.9. The molecule has 1 N–H and O–H groups in total. The summed E-state index contributed by atoms with van der Waals surface area (Å²) >= 11 is 0. The van der Waals surface area contributed by atoms with Gasteiger partial charge in [0, 0.05) is 7.11 Å². The van der Waals surface area contributed by atoms with Gasteiger partial charge in [0.15, 0.2) is 0 Å². The molecule has 1 fully saturated rings. The molecule has 0 heterocycles. The molecule has 0 spiro atoms. The maximum atomic E-state index is 13.1. The Bertz CT molecular complexity index is 463. The van der Waals surface area contributed by atoms with Crippen LogP contribution in [-0.2, 0) is 10.9 Å². The minimum atomic E-state index is -4.47. The summed E-state index contributed by atoms with van der Waals surface area (Å²) in [5.41, 5.74) is -1.79. The van der Waals surface area contributed by atoms with E-state index in [4.69, 9.17) is 4.74 Å². The van der Waals surface area contributed by atoms with E-state index in [9.17, 15) is 18.3 Å². The fourth-order valence-corrected chi connectivity index (χ4v) is 3.19. The number of halogens is 3. The lowest BCUT2D eigenvalue weighted by Gasteiger charge is -2.37. The molecule has 1 aromatic carbocycles. The van der Waals surface area contributed by atoms with Crippen molar-refractivity contribution < 1.29 is 23.0 Å². The van der Waals surface area contributed by atoms with Gasteiger partial charge in [0.2, 0.25) is 0 Å². The number of benzene rings is 1. The van der Waals surface area contributed by atoms with Crippen molar-refractivity contribution in [3.05, 3.63) is 35.4 Å². The number of ether oxygens (including phenoxy) is 1. The molecule has 2 rings (SSSR count). The van der Waals surface area contributed by atoms with Gasteiger partial charge < -0.3 is 9.84 Å². The van der Waals surface area contributed by atoms with Crippen molar-refractivity contribution in [2.24, 2.45) is 0 Å². The van der Waals surface area contributed by atoms with E-state index in [-0.39, 0.29) is 5.56 Å². The standard InChI is InChI=1S/C16H21F3O2/c1-21-15(10-6-2-3-7-11-15)14(20)12-8-4-5-9-13(12)16(17,18)19/h4-5,8-9,14,20H,2-3,6-7,10-11H2,1H3. The summed E-state index contributed by atoms with van der Waals surface area (Å²) in [6, 6.07) is 5.22. The van der Waals surface area contributed by atoms with Crippen LogP contribution in [0.5, 0.6) is 0 Å². The molecule has 2 nitrogen and oxygen atoms in total. The van der Waals surface area contributed by atoms with Crippen LogP contribution in [0.2, 0.25) is 0 Å². The first-order chi connectivity index (χ1) is 9.91. The number of alkyl halides is 3. The van der Waals surface area contributed by atoms with Gasteiger partial charge in [-0.25, -0.2) is 0 Å². The average molecular weight is 302 g/mol. The molecule has 118 valence electrons. The number of rotatable bonds is 3. The first-order valence-electron chi connectivity index (χ1n) is 7.30. The van der Waals surface area contributed by atoms with Crippen LogP contribution in [0.15, 0.2) is 24.3 Å². The zero-order chi connectivity index (χ0) is 15.5. The molecule has 21 heavy (non-hydrogen) atoms. The van der Waals surface area contributed by atoms with Gasteiger partial charge in [-0.2, -0.15) is 13.2 Å². The minimum Gasteiger partial charge on any atom is -0.385 e. The van der Waals surface area contributed by atoms with E-state index < -0.39 is 23.4 Å². The van der Waals surface area contributed by atoms with Gasteiger partial charge in [-0.05, 0) is 24.5 Å². The van der Waals surface area contributed by atoms with E-state index in [1.807, 2.05) is 0 Å². The molecule has 1 atom stereocenters. The number of hydrogen-bond acceptors (Lipinski definition) is 2. The Hall–Kier alpha value is -1.07. The van der Waals surface area contributed by atoms with Gasteiger partial charge in [-0.15, -0.1) is 0 Å². The smallest absolute Gasteiger partial charge is 0.385 e. The molecule has 1 unspecified atom stereocenters. The molecule has 0 aliphatic heterocycles. The Labute approximate surface area is 122 Å². The van der Waals surface area contributed by atoms with Crippen molar-refractivity contribution in [1.29, 1.82) is 0 Å². The van der Waals surface area contributed by atoms with Crippen LogP contribution in [0.3, 0.4) is 0 Å². The highest BCUT2D eigenvalue weighted by Gasteiger charge is 2.43. The Morgan fingerprint density at radius 3 is 2.19 bits per heavy atom. The maximum absolute atomic E-state index is 13.1. The predicted molar refractivity (Wildman–Crippen MR) is 73.8 cm³/mol. The van der Waals surface area contributed by atoms with Crippen molar-refractivity contribution in [3.8, 4) is 0 Å². The predicted octanol–water partition coefficient (Wildman–Crippen LogP) is 4.48. The van der Waals surface area contributed by atoms with E-state index in [0.717, 1.165) is 31.7 Å². The Balaban J connectivity index is 2.40. The quantitative estimate of drug-likeness (QED) is 0.834. The third-order valence-corrected chi connectivity index (χ3v) is 4.42. The Kier molecular flexibility index (Phi) is 4.94. The van der Waals surface area contributed by atoms with Crippen LogP contribution in [-0.4, -0.2) is 17.8 Å². The van der Waals surface area contributed by atoms with Crippen LogP contribution in [0.4, 0.5) is 13.2 Å². The van der Waals surface area contributed by atoms with E-state index in [2.05, 4.69) is 0 Å². The van der Waals surface area contributed by atoms with Gasteiger partial charge in [0.05, 0.1) is 11.2 Å². The summed E-state index contributed by atoms with van der Waals surface area (Å²) in [7, 11) is 1.48. The zero-order valence-electron chi connectivity index (χ0n) is 12.1. The van der Waals surface area contributed by atoms with Crippen molar-refractivity contribution >= 4 is 0 Å². The normalized spacial score (nSPS) is 20.8. The third kappa shape index (κ3) is 3.40. The first kappa shape index (κ1) is 16.3. The van der Waals surface area contributed by atoms with Gasteiger partial charge in [0.25, 0.3) is 0 Å². The Morgan fingerprint density at radius 1 is 1.10 bits per heavy atom. The van der Waals surface area contributed by atoms with E-state index >= 15 is 0 Å². The SMILES string of the molecule is COC1(C(O)c2ccccc2C(F)(F)F)CCCCCC1. The van der Waals surface area contributed by atoms with E-state index in [1.165, 1.54) is 25.3 Å². The molecule has 5 heteroatoms. The second-order valence-corrected chi connectivity index (χ2v) is 5.67. The fourth-order valence-electron chi connectivity index (χ4n) is 3.19. The topological polar surface area (TPSA) is 29.5 Å². The minimum absolute atomic E-state index is 0.0891. The van der Waals surface area contributed by atoms with Crippen molar-refractivity contribution in [1.82, 2.24) is 0 Å². The lowest BCUT2D eigenvalue weighted by Crippen LogP contribution is -2.39. The first-order valence-corrected chi connectivity index (χ1v) is 7.30. The number of aliphatic hydroxyl groups excluding tert-OH is 1. The second kappa shape index (κ2) is 6.36. The molecule has 1 aliphatic carbocycles. The Morgan fingerprint density at radius 2 is 1.67 bits per heavy atom. The number of methoxy groups -OCH3 is 1. The zero-order valence-corrected chi connectivity index (χ0v) is 12.1. The second-order valence-electron chi connectivity index (χ2n) is 5.67. The summed E-state index contributed by atoms with van der Waals surface area (Å²) in [5, 5.41) is 10.6. The lowest BCUT2D eigenvalue weighted by atomic mass is 9.82. The lowest BCUT2D eigenvalue weighted by molar-refractivity contribution is -0.145. The maximum Gasteiger partial charge on any atom is 0.416 e. The van der Waals surface area contributed by atoms with Crippen LogP contribution >= 0.6 is 0 Å². The molecule has 0 amide bonds. The highest BCUT2D eigenvalue weighted by molar-refractivity contribution is 5.33. The summed E-state index contributed by atoms with van der Waals surface area (Å²) in [6.07, 6.45) is -0.806. The molecular weight excluding hydrogens is 281 g/mol.